The average Bonchev–Trinajstić information content (AvgIpc) is 2.45. The molecule has 1 heteroatoms. The van der Waals surface area contributed by atoms with Crippen LogP contribution in [-0.4, -0.2) is 7.05 Å². The molecule has 1 atom stereocenters. The molecule has 0 fully saturated rings. The molecular formula is C13H23N. The largest absolute Gasteiger partial charge is 0.391 e. The molecule has 1 nitrogen and oxygen atoms in total. The van der Waals surface area contributed by atoms with Crippen LogP contribution in [-0.2, 0) is 0 Å². The molecule has 0 bridgehead atoms. The molecule has 0 aromatic rings. The summed E-state index contributed by atoms with van der Waals surface area (Å²) in [5.74, 6) is 0.494. The van der Waals surface area contributed by atoms with Crippen LogP contribution in [0.25, 0.3) is 0 Å². The lowest BCUT2D eigenvalue weighted by molar-refractivity contribution is 0.674. The number of rotatable bonds is 2. The highest BCUT2D eigenvalue weighted by Crippen LogP contribution is 2.23. The Morgan fingerprint density at radius 2 is 2.07 bits per heavy atom. The molecule has 0 aliphatic heterocycles. The molecule has 1 aliphatic rings. The van der Waals surface area contributed by atoms with Crippen LogP contribution in [0.15, 0.2) is 36.1 Å². The second-order valence-corrected chi connectivity index (χ2v) is 3.25. The minimum Gasteiger partial charge on any atom is -0.391 e. The van der Waals surface area contributed by atoms with Gasteiger partial charge >= 0.3 is 0 Å². The highest BCUT2D eigenvalue weighted by atomic mass is 14.8. The van der Waals surface area contributed by atoms with E-state index in [4.69, 9.17) is 0 Å². The highest BCUT2D eigenvalue weighted by molar-refractivity contribution is 5.20. The fourth-order valence-corrected chi connectivity index (χ4v) is 1.54. The Balaban J connectivity index is 0.000000791. The Kier molecular flexibility index (Phi) is 6.91. The molecule has 1 aliphatic carbocycles. The molecular weight excluding hydrogens is 170 g/mol. The van der Waals surface area contributed by atoms with Crippen LogP contribution in [0.4, 0.5) is 0 Å². The zero-order valence-corrected chi connectivity index (χ0v) is 9.93. The molecule has 14 heavy (non-hydrogen) atoms. The third-order valence-electron chi connectivity index (χ3n) is 2.27. The first-order chi connectivity index (χ1) is 6.75. The molecule has 80 valence electrons. The number of hydrogen-bond acceptors (Lipinski definition) is 1. The van der Waals surface area contributed by atoms with Crippen molar-refractivity contribution >= 4 is 0 Å². The van der Waals surface area contributed by atoms with Gasteiger partial charge in [0.25, 0.3) is 0 Å². The third-order valence-corrected chi connectivity index (χ3v) is 2.27. The highest BCUT2D eigenvalue weighted by Gasteiger charge is 2.13. The van der Waals surface area contributed by atoms with Crippen LogP contribution in [0.2, 0.25) is 0 Å². The minimum absolute atomic E-state index is 0.494. The summed E-state index contributed by atoms with van der Waals surface area (Å²) in [5.41, 5.74) is 2.55. The van der Waals surface area contributed by atoms with Gasteiger partial charge in [0.1, 0.15) is 0 Å². The van der Waals surface area contributed by atoms with Gasteiger partial charge < -0.3 is 5.32 Å². The summed E-state index contributed by atoms with van der Waals surface area (Å²) < 4.78 is 0. The van der Waals surface area contributed by atoms with E-state index in [9.17, 15) is 0 Å². The molecule has 0 saturated heterocycles. The van der Waals surface area contributed by atoms with Gasteiger partial charge in [-0.3, -0.25) is 0 Å². The van der Waals surface area contributed by atoms with Gasteiger partial charge in [0.2, 0.25) is 0 Å². The van der Waals surface area contributed by atoms with Gasteiger partial charge in [-0.2, -0.15) is 0 Å². The molecule has 1 unspecified atom stereocenters. The van der Waals surface area contributed by atoms with E-state index in [0.717, 1.165) is 12.8 Å². The van der Waals surface area contributed by atoms with Crippen molar-refractivity contribution in [3.05, 3.63) is 36.1 Å². The van der Waals surface area contributed by atoms with Gasteiger partial charge in [-0.15, -0.1) is 0 Å². The second-order valence-electron chi connectivity index (χ2n) is 3.25. The summed E-state index contributed by atoms with van der Waals surface area (Å²) in [6.07, 6.45) is 8.81. The molecule has 0 amide bonds. The third kappa shape index (κ3) is 3.82. The molecule has 0 aromatic heterocycles. The van der Waals surface area contributed by atoms with Crippen molar-refractivity contribution in [3.8, 4) is 0 Å². The van der Waals surface area contributed by atoms with E-state index in [0.29, 0.717) is 5.92 Å². The van der Waals surface area contributed by atoms with Crippen LogP contribution in [0, 0.1) is 5.92 Å². The lowest BCUT2D eigenvalue weighted by atomic mass is 9.95. The average molecular weight is 193 g/mol. The molecule has 0 heterocycles. The Morgan fingerprint density at radius 3 is 2.57 bits per heavy atom. The normalized spacial score (nSPS) is 20.0. The van der Waals surface area contributed by atoms with Crippen molar-refractivity contribution < 1.29 is 0 Å². The van der Waals surface area contributed by atoms with Gasteiger partial charge in [-0.05, 0) is 19.8 Å². The van der Waals surface area contributed by atoms with Crippen molar-refractivity contribution in [3.63, 3.8) is 0 Å². The van der Waals surface area contributed by atoms with Crippen LogP contribution in [0.1, 0.15) is 33.6 Å². The quantitative estimate of drug-likeness (QED) is 0.660. The van der Waals surface area contributed by atoms with E-state index in [1.807, 2.05) is 20.9 Å². The zero-order chi connectivity index (χ0) is 11.0. The molecule has 0 spiro atoms. The first-order valence-corrected chi connectivity index (χ1v) is 5.44. The van der Waals surface area contributed by atoms with E-state index in [1.165, 1.54) is 11.3 Å². The van der Waals surface area contributed by atoms with Gasteiger partial charge in [-0.25, -0.2) is 0 Å². The van der Waals surface area contributed by atoms with E-state index in [-0.39, 0.29) is 0 Å². The lowest BCUT2D eigenvalue weighted by Gasteiger charge is -2.17. The lowest BCUT2D eigenvalue weighted by Crippen LogP contribution is -2.16. The fraction of sp³-hybridized carbons (Fsp3) is 0.538. The van der Waals surface area contributed by atoms with Gasteiger partial charge in [0.05, 0.1) is 0 Å². The zero-order valence-electron chi connectivity index (χ0n) is 9.93. The molecule has 1 N–H and O–H groups in total. The fourth-order valence-electron chi connectivity index (χ4n) is 1.54. The Bertz CT molecular complexity index is 223. The van der Waals surface area contributed by atoms with Crippen molar-refractivity contribution in [1.29, 1.82) is 0 Å². The van der Waals surface area contributed by atoms with Crippen molar-refractivity contribution in [2.45, 2.75) is 33.6 Å². The maximum atomic E-state index is 4.00. The van der Waals surface area contributed by atoms with Crippen molar-refractivity contribution in [1.82, 2.24) is 5.32 Å². The van der Waals surface area contributed by atoms with Crippen molar-refractivity contribution in [2.24, 2.45) is 5.92 Å². The molecule has 0 aromatic carbocycles. The first kappa shape index (κ1) is 13.0. The molecule has 0 radical (unpaired) electrons. The van der Waals surface area contributed by atoms with E-state index in [2.05, 4.69) is 37.0 Å². The van der Waals surface area contributed by atoms with Gasteiger partial charge in [0, 0.05) is 18.7 Å². The predicted molar refractivity (Wildman–Crippen MR) is 65.2 cm³/mol. The molecule has 0 saturated carbocycles. The maximum absolute atomic E-state index is 4.00. The summed E-state index contributed by atoms with van der Waals surface area (Å²) in [6.45, 7) is 10.1. The monoisotopic (exact) mass is 193 g/mol. The Labute approximate surface area is 88.6 Å². The number of allylic oxidation sites excluding steroid dienone is 4. The standard InChI is InChI=1S/C11H17N.C2H6/c1-9(2)10-7-5-4-6-8-11(10)12-3;1-2/h4-5,8,10,12H,1,6-7H2,2-3H3;1-2H3. The summed E-state index contributed by atoms with van der Waals surface area (Å²) in [5, 5.41) is 3.24. The summed E-state index contributed by atoms with van der Waals surface area (Å²) >= 11 is 0. The first-order valence-electron chi connectivity index (χ1n) is 5.44. The van der Waals surface area contributed by atoms with E-state index < -0.39 is 0 Å². The Morgan fingerprint density at radius 1 is 1.43 bits per heavy atom. The second kappa shape index (κ2) is 7.43. The number of nitrogens with one attached hydrogen (secondary N) is 1. The minimum atomic E-state index is 0.494. The smallest absolute Gasteiger partial charge is 0.0222 e. The van der Waals surface area contributed by atoms with E-state index >= 15 is 0 Å². The van der Waals surface area contributed by atoms with Gasteiger partial charge in [-0.1, -0.05) is 44.2 Å². The van der Waals surface area contributed by atoms with Crippen LogP contribution in [0.3, 0.4) is 0 Å². The van der Waals surface area contributed by atoms with E-state index in [1.54, 1.807) is 0 Å². The summed E-state index contributed by atoms with van der Waals surface area (Å²) in [4.78, 5) is 0. The van der Waals surface area contributed by atoms with Crippen molar-refractivity contribution in [2.75, 3.05) is 7.05 Å². The number of hydrogen-bond donors (Lipinski definition) is 1. The maximum Gasteiger partial charge on any atom is 0.0222 e. The Hall–Kier alpha value is -0.980. The predicted octanol–water partition coefficient (Wildman–Crippen LogP) is 3.66. The van der Waals surface area contributed by atoms with Crippen LogP contribution >= 0.6 is 0 Å². The SMILES string of the molecule is C=C(C)C1CC=CCC=C1NC.CC. The summed E-state index contributed by atoms with van der Waals surface area (Å²) in [7, 11) is 1.98. The van der Waals surface area contributed by atoms with Crippen LogP contribution in [0.5, 0.6) is 0 Å². The van der Waals surface area contributed by atoms with Gasteiger partial charge in [0.15, 0.2) is 0 Å². The topological polar surface area (TPSA) is 12.0 Å². The van der Waals surface area contributed by atoms with Crippen LogP contribution < -0.4 is 5.32 Å². The summed E-state index contributed by atoms with van der Waals surface area (Å²) in [6, 6.07) is 0. The molecule has 1 rings (SSSR count).